The summed E-state index contributed by atoms with van der Waals surface area (Å²) in [6.45, 7) is 8.49. The topological polar surface area (TPSA) is 26.0 Å². The predicted molar refractivity (Wildman–Crippen MR) is 50.5 cm³/mol. The lowest BCUT2D eigenvalue weighted by Crippen LogP contribution is -2.37. The van der Waals surface area contributed by atoms with Gasteiger partial charge in [-0.05, 0) is 31.4 Å². The van der Waals surface area contributed by atoms with Gasteiger partial charge in [-0.25, -0.2) is 0 Å². The first kappa shape index (κ1) is 10.3. The van der Waals surface area contributed by atoms with Crippen molar-refractivity contribution in [1.29, 1.82) is 0 Å². The Morgan fingerprint density at radius 3 is 1.70 bits per heavy atom. The van der Waals surface area contributed by atoms with Crippen molar-refractivity contribution in [2.45, 2.75) is 39.7 Å². The Morgan fingerprint density at radius 1 is 1.20 bits per heavy atom. The molecule has 1 nitrogen and oxygen atoms in total. The summed E-state index contributed by atoms with van der Waals surface area (Å²) in [4.78, 5) is 0. The van der Waals surface area contributed by atoms with Crippen LogP contribution in [0.5, 0.6) is 0 Å². The molecule has 10 heavy (non-hydrogen) atoms. The van der Waals surface area contributed by atoms with E-state index in [1.165, 1.54) is 0 Å². The van der Waals surface area contributed by atoms with Gasteiger partial charge in [0.1, 0.15) is 0 Å². The zero-order valence-electron chi connectivity index (χ0n) is 7.44. The average molecular weight is 161 g/mol. The molecule has 0 saturated carbocycles. The Bertz CT molecular complexity index is 102. The smallest absolute Gasteiger partial charge is 0.0102 e. The largest absolute Gasteiger partial charge is 0.326 e. The van der Waals surface area contributed by atoms with Crippen LogP contribution in [0.2, 0.25) is 0 Å². The second kappa shape index (κ2) is 3.14. The molecule has 0 amide bonds. The molecule has 0 aliphatic rings. The van der Waals surface area contributed by atoms with Crippen molar-refractivity contribution in [1.82, 2.24) is 0 Å². The van der Waals surface area contributed by atoms with E-state index in [1.807, 2.05) is 0 Å². The maximum absolute atomic E-state index is 5.86. The summed E-state index contributed by atoms with van der Waals surface area (Å²) in [6.07, 6.45) is 1.02. The van der Waals surface area contributed by atoms with Gasteiger partial charge in [-0.15, -0.1) is 0 Å². The molecule has 0 atom stereocenters. The first-order valence-corrected chi connectivity index (χ1v) is 4.30. The normalized spacial score (nSPS) is 13.8. The molecule has 0 aliphatic carbocycles. The fraction of sp³-hybridized carbons (Fsp3) is 1.00. The lowest BCUT2D eigenvalue weighted by molar-refractivity contribution is 0.293. The molecule has 62 valence electrons. The Balaban J connectivity index is 3.89. The van der Waals surface area contributed by atoms with E-state index in [-0.39, 0.29) is 11.0 Å². The summed E-state index contributed by atoms with van der Waals surface area (Å²) in [5, 5.41) is 0. The van der Waals surface area contributed by atoms with Gasteiger partial charge >= 0.3 is 0 Å². The SMILES string of the molecule is CC(C)(N)CC(C)(C)CS. The summed E-state index contributed by atoms with van der Waals surface area (Å²) >= 11 is 4.26. The van der Waals surface area contributed by atoms with Crippen LogP contribution in [0.3, 0.4) is 0 Å². The number of rotatable bonds is 3. The van der Waals surface area contributed by atoms with E-state index in [9.17, 15) is 0 Å². The van der Waals surface area contributed by atoms with Gasteiger partial charge in [-0.3, -0.25) is 0 Å². The molecule has 0 aromatic carbocycles. The molecule has 0 aliphatic heterocycles. The second-order valence-corrected chi connectivity index (χ2v) is 4.80. The number of thiol groups is 1. The van der Waals surface area contributed by atoms with Gasteiger partial charge in [0.25, 0.3) is 0 Å². The molecule has 0 radical (unpaired) electrons. The molecule has 0 heterocycles. The van der Waals surface area contributed by atoms with E-state index >= 15 is 0 Å². The third-order valence-corrected chi connectivity index (χ3v) is 2.22. The molecule has 0 rings (SSSR count). The molecule has 2 heteroatoms. The highest BCUT2D eigenvalue weighted by Gasteiger charge is 2.23. The summed E-state index contributed by atoms with van der Waals surface area (Å²) < 4.78 is 0. The Labute approximate surface area is 69.8 Å². The molecule has 0 fully saturated rings. The van der Waals surface area contributed by atoms with Crippen molar-refractivity contribution < 1.29 is 0 Å². The van der Waals surface area contributed by atoms with Gasteiger partial charge in [-0.1, -0.05) is 13.8 Å². The maximum atomic E-state index is 5.86. The summed E-state index contributed by atoms with van der Waals surface area (Å²) in [5.41, 5.74) is 6.07. The number of hydrogen-bond acceptors (Lipinski definition) is 2. The van der Waals surface area contributed by atoms with Crippen LogP contribution in [-0.4, -0.2) is 11.3 Å². The van der Waals surface area contributed by atoms with Crippen molar-refractivity contribution in [3.63, 3.8) is 0 Å². The van der Waals surface area contributed by atoms with Crippen LogP contribution in [0, 0.1) is 5.41 Å². The van der Waals surface area contributed by atoms with Gasteiger partial charge < -0.3 is 5.73 Å². The quantitative estimate of drug-likeness (QED) is 0.609. The van der Waals surface area contributed by atoms with Crippen LogP contribution >= 0.6 is 12.6 Å². The molecule has 0 aromatic heterocycles. The predicted octanol–water partition coefficient (Wildman–Crippen LogP) is 2.07. The van der Waals surface area contributed by atoms with Crippen LogP contribution < -0.4 is 5.73 Å². The van der Waals surface area contributed by atoms with Crippen LogP contribution in [0.4, 0.5) is 0 Å². The first-order valence-electron chi connectivity index (χ1n) is 3.67. The summed E-state index contributed by atoms with van der Waals surface area (Å²) in [6, 6.07) is 0. The highest BCUT2D eigenvalue weighted by Crippen LogP contribution is 2.27. The zero-order valence-corrected chi connectivity index (χ0v) is 8.33. The Hall–Kier alpha value is 0.310. The molecular weight excluding hydrogens is 142 g/mol. The highest BCUT2D eigenvalue weighted by molar-refractivity contribution is 7.80. The molecule has 0 aromatic rings. The highest BCUT2D eigenvalue weighted by atomic mass is 32.1. The minimum absolute atomic E-state index is 0.0633. The Morgan fingerprint density at radius 2 is 1.60 bits per heavy atom. The molecule has 0 bridgehead atoms. The van der Waals surface area contributed by atoms with E-state index in [1.54, 1.807) is 0 Å². The average Bonchev–Trinajstić information content (AvgIpc) is 1.60. The molecule has 0 unspecified atom stereocenters. The lowest BCUT2D eigenvalue weighted by Gasteiger charge is -2.30. The fourth-order valence-corrected chi connectivity index (χ4v) is 1.40. The number of hydrogen-bond donors (Lipinski definition) is 2. The van der Waals surface area contributed by atoms with Crippen molar-refractivity contribution in [3.05, 3.63) is 0 Å². The molecule has 0 spiro atoms. The van der Waals surface area contributed by atoms with Crippen LogP contribution in [0.25, 0.3) is 0 Å². The lowest BCUT2D eigenvalue weighted by atomic mass is 9.82. The van der Waals surface area contributed by atoms with Gasteiger partial charge in [0, 0.05) is 5.54 Å². The fourth-order valence-electron chi connectivity index (χ4n) is 1.29. The van der Waals surface area contributed by atoms with Crippen LogP contribution in [0.1, 0.15) is 34.1 Å². The minimum Gasteiger partial charge on any atom is -0.326 e. The van der Waals surface area contributed by atoms with Gasteiger partial charge in [0.05, 0.1) is 0 Å². The minimum atomic E-state index is -0.0633. The van der Waals surface area contributed by atoms with E-state index in [2.05, 4.69) is 40.3 Å². The molecule has 2 N–H and O–H groups in total. The second-order valence-electron chi connectivity index (χ2n) is 4.49. The third-order valence-electron chi connectivity index (χ3n) is 1.36. The first-order chi connectivity index (χ1) is 4.27. The Kier molecular flexibility index (Phi) is 3.24. The van der Waals surface area contributed by atoms with Crippen LogP contribution in [0.15, 0.2) is 0 Å². The van der Waals surface area contributed by atoms with Crippen molar-refractivity contribution in [2.24, 2.45) is 11.1 Å². The van der Waals surface area contributed by atoms with E-state index < -0.39 is 0 Å². The maximum Gasteiger partial charge on any atom is 0.0102 e. The van der Waals surface area contributed by atoms with Crippen molar-refractivity contribution in [3.8, 4) is 0 Å². The standard InChI is InChI=1S/C8H19NS/c1-7(2,6-10)5-8(3,4)9/h10H,5-6,9H2,1-4H3. The van der Waals surface area contributed by atoms with Crippen LogP contribution in [-0.2, 0) is 0 Å². The van der Waals surface area contributed by atoms with E-state index in [0.717, 1.165) is 12.2 Å². The zero-order chi connectivity index (χ0) is 8.41. The number of nitrogens with two attached hydrogens (primary N) is 1. The third kappa shape index (κ3) is 5.12. The van der Waals surface area contributed by atoms with E-state index in [0.29, 0.717) is 0 Å². The van der Waals surface area contributed by atoms with Crippen molar-refractivity contribution in [2.75, 3.05) is 5.75 Å². The molecular formula is C8H19NS. The van der Waals surface area contributed by atoms with E-state index in [4.69, 9.17) is 5.73 Å². The van der Waals surface area contributed by atoms with Crippen molar-refractivity contribution >= 4 is 12.6 Å². The summed E-state index contributed by atoms with van der Waals surface area (Å²) in [5.74, 6) is 0.896. The molecule has 0 saturated heterocycles. The summed E-state index contributed by atoms with van der Waals surface area (Å²) in [7, 11) is 0. The van der Waals surface area contributed by atoms with Gasteiger partial charge in [0.15, 0.2) is 0 Å². The monoisotopic (exact) mass is 161 g/mol. The van der Waals surface area contributed by atoms with Gasteiger partial charge in [0.2, 0.25) is 0 Å². The van der Waals surface area contributed by atoms with Gasteiger partial charge in [-0.2, -0.15) is 12.6 Å².